The van der Waals surface area contributed by atoms with Crippen molar-refractivity contribution in [2.45, 2.75) is 12.5 Å². The third-order valence-electron chi connectivity index (χ3n) is 3.72. The van der Waals surface area contributed by atoms with E-state index >= 15 is 0 Å². The lowest BCUT2D eigenvalue weighted by molar-refractivity contribution is -0.122. The third-order valence-corrected chi connectivity index (χ3v) is 3.72. The molecule has 0 saturated carbocycles. The highest BCUT2D eigenvalue weighted by Gasteiger charge is 2.34. The van der Waals surface area contributed by atoms with Crippen molar-refractivity contribution in [2.24, 2.45) is 0 Å². The molecule has 118 valence electrons. The number of ether oxygens (including phenoxy) is 1. The molecule has 2 aromatic carbocycles. The van der Waals surface area contributed by atoms with Crippen molar-refractivity contribution in [1.82, 2.24) is 5.48 Å². The molecule has 2 aromatic rings. The Balaban J connectivity index is 1.67. The predicted molar refractivity (Wildman–Crippen MR) is 83.5 cm³/mol. The third kappa shape index (κ3) is 3.17. The molecule has 0 spiro atoms. The number of carbonyl (C=O) groups is 2. The number of hydroxylamine groups is 1. The SMILES string of the molecule is O=C(NO)c1ccc(OC2CCN(c3ccccc3)C2=O)cc1. The summed E-state index contributed by atoms with van der Waals surface area (Å²) in [5.41, 5.74) is 2.73. The van der Waals surface area contributed by atoms with E-state index in [-0.39, 0.29) is 5.91 Å². The van der Waals surface area contributed by atoms with Gasteiger partial charge in [-0.2, -0.15) is 0 Å². The van der Waals surface area contributed by atoms with Crippen LogP contribution in [0.15, 0.2) is 54.6 Å². The van der Waals surface area contributed by atoms with Crippen LogP contribution in [0.4, 0.5) is 5.69 Å². The van der Waals surface area contributed by atoms with Crippen molar-refractivity contribution in [3.05, 3.63) is 60.2 Å². The number of benzene rings is 2. The predicted octanol–water partition coefficient (Wildman–Crippen LogP) is 1.99. The molecule has 0 bridgehead atoms. The Kier molecular flexibility index (Phi) is 4.25. The fourth-order valence-corrected chi connectivity index (χ4v) is 2.54. The normalized spacial score (nSPS) is 17.2. The van der Waals surface area contributed by atoms with E-state index in [1.54, 1.807) is 22.5 Å². The maximum atomic E-state index is 12.4. The van der Waals surface area contributed by atoms with Crippen LogP contribution < -0.4 is 15.1 Å². The van der Waals surface area contributed by atoms with Crippen LogP contribution in [0.3, 0.4) is 0 Å². The number of rotatable bonds is 4. The summed E-state index contributed by atoms with van der Waals surface area (Å²) in [4.78, 5) is 25.4. The minimum Gasteiger partial charge on any atom is -0.481 e. The summed E-state index contributed by atoms with van der Waals surface area (Å²) in [5.74, 6) is -0.162. The number of para-hydroxylation sites is 1. The van der Waals surface area contributed by atoms with Crippen LogP contribution in [0.25, 0.3) is 0 Å². The molecule has 3 rings (SSSR count). The van der Waals surface area contributed by atoms with Gasteiger partial charge < -0.3 is 9.64 Å². The first kappa shape index (κ1) is 15.1. The lowest BCUT2D eigenvalue weighted by Gasteiger charge is -2.17. The van der Waals surface area contributed by atoms with Crippen molar-refractivity contribution < 1.29 is 19.5 Å². The van der Waals surface area contributed by atoms with E-state index < -0.39 is 12.0 Å². The second-order valence-corrected chi connectivity index (χ2v) is 5.19. The van der Waals surface area contributed by atoms with E-state index in [0.29, 0.717) is 24.3 Å². The molecular formula is C17H16N2O4. The van der Waals surface area contributed by atoms with E-state index in [1.807, 2.05) is 30.3 Å². The maximum Gasteiger partial charge on any atom is 0.274 e. The van der Waals surface area contributed by atoms with Gasteiger partial charge in [-0.1, -0.05) is 18.2 Å². The maximum absolute atomic E-state index is 12.4. The van der Waals surface area contributed by atoms with Crippen LogP contribution in [0.1, 0.15) is 16.8 Å². The molecule has 0 aliphatic carbocycles. The standard InChI is InChI=1S/C17H16N2O4/c20-16(18-22)12-6-8-14(9-7-12)23-15-10-11-19(17(15)21)13-4-2-1-3-5-13/h1-9,15,22H,10-11H2,(H,18,20). The highest BCUT2D eigenvalue weighted by Crippen LogP contribution is 2.24. The molecule has 0 radical (unpaired) electrons. The van der Waals surface area contributed by atoms with Crippen molar-refractivity contribution in [2.75, 3.05) is 11.4 Å². The van der Waals surface area contributed by atoms with Gasteiger partial charge in [0.2, 0.25) is 0 Å². The van der Waals surface area contributed by atoms with Gasteiger partial charge in [-0.3, -0.25) is 14.8 Å². The first-order valence-electron chi connectivity index (χ1n) is 7.26. The summed E-state index contributed by atoms with van der Waals surface area (Å²) in [5, 5.41) is 8.58. The van der Waals surface area contributed by atoms with Gasteiger partial charge in [-0.15, -0.1) is 0 Å². The highest BCUT2D eigenvalue weighted by molar-refractivity contribution is 5.99. The Hall–Kier alpha value is -2.86. The van der Waals surface area contributed by atoms with E-state index in [4.69, 9.17) is 9.94 Å². The lowest BCUT2D eigenvalue weighted by atomic mass is 10.2. The van der Waals surface area contributed by atoms with Crippen LogP contribution in [-0.4, -0.2) is 29.7 Å². The quantitative estimate of drug-likeness (QED) is 0.668. The molecule has 2 amide bonds. The summed E-state index contributed by atoms with van der Waals surface area (Å²) in [6.07, 6.45) is 0.0693. The molecule has 23 heavy (non-hydrogen) atoms. The summed E-state index contributed by atoms with van der Waals surface area (Å²) < 4.78 is 5.72. The van der Waals surface area contributed by atoms with Crippen LogP contribution in [-0.2, 0) is 4.79 Å². The van der Waals surface area contributed by atoms with E-state index in [2.05, 4.69) is 0 Å². The zero-order chi connectivity index (χ0) is 16.2. The van der Waals surface area contributed by atoms with Gasteiger partial charge in [0.15, 0.2) is 6.10 Å². The zero-order valence-electron chi connectivity index (χ0n) is 12.3. The molecule has 1 aliphatic rings. The molecule has 1 aliphatic heterocycles. The second kappa shape index (κ2) is 6.50. The average Bonchev–Trinajstić information content (AvgIpc) is 2.96. The number of hydrogen-bond acceptors (Lipinski definition) is 4. The number of nitrogens with one attached hydrogen (secondary N) is 1. The molecule has 0 aromatic heterocycles. The largest absolute Gasteiger partial charge is 0.481 e. The Morgan fingerprint density at radius 1 is 1.13 bits per heavy atom. The Morgan fingerprint density at radius 2 is 1.83 bits per heavy atom. The highest BCUT2D eigenvalue weighted by atomic mass is 16.5. The van der Waals surface area contributed by atoms with Crippen molar-refractivity contribution in [3.8, 4) is 5.75 Å². The lowest BCUT2D eigenvalue weighted by Crippen LogP contribution is -2.32. The van der Waals surface area contributed by atoms with Gasteiger partial charge in [-0.05, 0) is 36.4 Å². The molecule has 1 unspecified atom stereocenters. The summed E-state index contributed by atoms with van der Waals surface area (Å²) in [6, 6.07) is 15.7. The van der Waals surface area contributed by atoms with Gasteiger partial charge in [-0.25, -0.2) is 5.48 Å². The van der Waals surface area contributed by atoms with Crippen molar-refractivity contribution in [3.63, 3.8) is 0 Å². The molecular weight excluding hydrogens is 296 g/mol. The summed E-state index contributed by atoms with van der Waals surface area (Å²) >= 11 is 0. The number of anilines is 1. The summed E-state index contributed by atoms with van der Waals surface area (Å²) in [6.45, 7) is 0.610. The number of hydrogen-bond donors (Lipinski definition) is 2. The first-order valence-corrected chi connectivity index (χ1v) is 7.26. The molecule has 1 saturated heterocycles. The van der Waals surface area contributed by atoms with E-state index in [1.165, 1.54) is 12.1 Å². The van der Waals surface area contributed by atoms with Gasteiger partial charge in [0.25, 0.3) is 11.8 Å². The van der Waals surface area contributed by atoms with Crippen LogP contribution in [0.2, 0.25) is 0 Å². The number of amides is 2. The van der Waals surface area contributed by atoms with Crippen molar-refractivity contribution in [1.29, 1.82) is 0 Å². The molecule has 1 heterocycles. The van der Waals surface area contributed by atoms with E-state index in [9.17, 15) is 9.59 Å². The van der Waals surface area contributed by atoms with Crippen LogP contribution in [0.5, 0.6) is 5.75 Å². The zero-order valence-corrected chi connectivity index (χ0v) is 12.3. The van der Waals surface area contributed by atoms with Gasteiger partial charge in [0, 0.05) is 24.2 Å². The first-order chi connectivity index (χ1) is 11.2. The van der Waals surface area contributed by atoms with Gasteiger partial charge >= 0.3 is 0 Å². The Labute approximate surface area is 133 Å². The number of nitrogens with zero attached hydrogens (tertiary/aromatic N) is 1. The number of carbonyl (C=O) groups excluding carboxylic acids is 2. The topological polar surface area (TPSA) is 78.9 Å². The Morgan fingerprint density at radius 3 is 2.48 bits per heavy atom. The molecule has 6 heteroatoms. The van der Waals surface area contributed by atoms with E-state index in [0.717, 1.165) is 5.69 Å². The fourth-order valence-electron chi connectivity index (χ4n) is 2.54. The molecule has 1 atom stereocenters. The minimum atomic E-state index is -0.594. The average molecular weight is 312 g/mol. The van der Waals surface area contributed by atoms with Crippen LogP contribution in [0, 0.1) is 0 Å². The second-order valence-electron chi connectivity index (χ2n) is 5.19. The fraction of sp³-hybridized carbons (Fsp3) is 0.176. The van der Waals surface area contributed by atoms with Crippen LogP contribution >= 0.6 is 0 Å². The Bertz CT molecular complexity index is 700. The minimum absolute atomic E-state index is 0.0756. The van der Waals surface area contributed by atoms with Gasteiger partial charge in [0.05, 0.1) is 0 Å². The molecule has 2 N–H and O–H groups in total. The monoisotopic (exact) mass is 312 g/mol. The molecule has 6 nitrogen and oxygen atoms in total. The van der Waals surface area contributed by atoms with Crippen molar-refractivity contribution >= 4 is 17.5 Å². The summed E-state index contributed by atoms with van der Waals surface area (Å²) in [7, 11) is 0. The smallest absolute Gasteiger partial charge is 0.274 e. The molecule has 1 fully saturated rings. The van der Waals surface area contributed by atoms with Gasteiger partial charge in [0.1, 0.15) is 5.75 Å².